The van der Waals surface area contributed by atoms with Crippen LogP contribution < -0.4 is 24.8 Å². The third kappa shape index (κ3) is 6.47. The molecule has 38 heavy (non-hydrogen) atoms. The van der Waals surface area contributed by atoms with Gasteiger partial charge >= 0.3 is 0 Å². The highest BCUT2D eigenvalue weighted by Crippen LogP contribution is 2.38. The number of anilines is 1. The first kappa shape index (κ1) is 27.5. The molecule has 2 N–H and O–H groups in total. The maximum Gasteiger partial charge on any atom is 0.230 e. The minimum absolute atomic E-state index is 0.0323. The first-order valence-corrected chi connectivity index (χ1v) is 12.8. The lowest BCUT2D eigenvalue weighted by Gasteiger charge is -2.21. The van der Waals surface area contributed by atoms with E-state index in [1.165, 1.54) is 19.1 Å². The molecule has 1 amide bonds. The van der Waals surface area contributed by atoms with Gasteiger partial charge in [0.2, 0.25) is 5.91 Å². The molecule has 9 nitrogen and oxygen atoms in total. The zero-order valence-corrected chi connectivity index (χ0v) is 22.6. The van der Waals surface area contributed by atoms with Gasteiger partial charge in [0.1, 0.15) is 12.4 Å². The number of hydrogen-bond acceptors (Lipinski definition) is 8. The normalized spacial score (nSPS) is 14.6. The van der Waals surface area contributed by atoms with Gasteiger partial charge in [0, 0.05) is 50.3 Å². The van der Waals surface area contributed by atoms with Crippen molar-refractivity contribution in [3.05, 3.63) is 48.4 Å². The Bertz CT molecular complexity index is 1310. The van der Waals surface area contributed by atoms with E-state index in [2.05, 4.69) is 21.8 Å². The van der Waals surface area contributed by atoms with Gasteiger partial charge in [0.25, 0.3) is 0 Å². The Morgan fingerprint density at radius 3 is 2.63 bits per heavy atom. The molecule has 0 bridgehead atoms. The number of nitrogens with zero attached hydrogens (tertiary/aromatic N) is 4. The maximum absolute atomic E-state index is 15.0. The number of carbonyl (C=O) groups excluding carboxylic acids is 1. The van der Waals surface area contributed by atoms with E-state index in [1.807, 2.05) is 0 Å². The minimum Gasteiger partial charge on any atom is -0.493 e. The molecule has 11 heteroatoms. The van der Waals surface area contributed by atoms with Gasteiger partial charge in [-0.05, 0) is 63.0 Å². The summed E-state index contributed by atoms with van der Waals surface area (Å²) in [6, 6.07) is 9.28. The van der Waals surface area contributed by atoms with Crippen LogP contribution in [0.25, 0.3) is 10.9 Å². The van der Waals surface area contributed by atoms with Crippen LogP contribution in [-0.2, 0) is 4.79 Å². The molecule has 202 valence electrons. The number of amides is 1. The lowest BCUT2D eigenvalue weighted by Crippen LogP contribution is -2.39. The third-order valence-electron chi connectivity index (χ3n) is 6.39. The molecule has 1 aliphatic rings. The topological polar surface area (TPSA) is 93.4 Å². The highest BCUT2D eigenvalue weighted by molar-refractivity contribution is 7.80. The lowest BCUT2D eigenvalue weighted by atomic mass is 10.1. The summed E-state index contributed by atoms with van der Waals surface area (Å²) in [6.07, 6.45) is 2.72. The van der Waals surface area contributed by atoms with Crippen molar-refractivity contribution in [2.45, 2.75) is 13.3 Å². The zero-order chi connectivity index (χ0) is 27.2. The summed E-state index contributed by atoms with van der Waals surface area (Å²) in [5.74, 6) is 0.356. The highest BCUT2D eigenvalue weighted by Gasteiger charge is 2.19. The van der Waals surface area contributed by atoms with Crippen LogP contribution in [0, 0.1) is 5.82 Å². The Balaban J connectivity index is 1.52. The number of carbonyl (C=O) groups is 1. The summed E-state index contributed by atoms with van der Waals surface area (Å²) in [7, 11) is 3.71. The minimum atomic E-state index is -0.679. The molecule has 1 fully saturated rings. The molecule has 0 aliphatic carbocycles. The van der Waals surface area contributed by atoms with Crippen molar-refractivity contribution in [3.8, 4) is 23.0 Å². The second kappa shape index (κ2) is 12.3. The Kier molecular flexibility index (Phi) is 8.93. The Morgan fingerprint density at radius 1 is 1.11 bits per heavy atom. The summed E-state index contributed by atoms with van der Waals surface area (Å²) >= 11 is 4.91. The number of hydrogen-bond donors (Lipinski definition) is 1. The molecule has 0 unspecified atom stereocenters. The fraction of sp³-hybridized carbons (Fsp3) is 0.370. The molecule has 1 aliphatic heterocycles. The van der Waals surface area contributed by atoms with Crippen LogP contribution in [0.1, 0.15) is 13.3 Å². The largest absolute Gasteiger partial charge is 0.493 e. The van der Waals surface area contributed by atoms with Crippen molar-refractivity contribution in [1.29, 1.82) is 0 Å². The fourth-order valence-electron chi connectivity index (χ4n) is 4.39. The molecule has 0 spiro atoms. The van der Waals surface area contributed by atoms with E-state index in [1.54, 1.807) is 31.5 Å². The van der Waals surface area contributed by atoms with Gasteiger partial charge in [-0.25, -0.2) is 4.39 Å². The number of thiocarbonyl (C=S) groups is 1. The van der Waals surface area contributed by atoms with E-state index in [0.29, 0.717) is 34.8 Å². The lowest BCUT2D eigenvalue weighted by molar-refractivity contribution is -0.115. The van der Waals surface area contributed by atoms with E-state index < -0.39 is 11.7 Å². The number of halogens is 1. The maximum atomic E-state index is 15.0. The smallest absolute Gasteiger partial charge is 0.230 e. The van der Waals surface area contributed by atoms with E-state index in [4.69, 9.17) is 32.2 Å². The molecule has 3 aromatic rings. The second-order valence-corrected chi connectivity index (χ2v) is 9.50. The first-order valence-electron chi connectivity index (χ1n) is 12.3. The van der Waals surface area contributed by atoms with Crippen LogP contribution in [0.3, 0.4) is 0 Å². The molecule has 4 rings (SSSR count). The molecular weight excluding hydrogens is 509 g/mol. The van der Waals surface area contributed by atoms with Crippen LogP contribution in [0.2, 0.25) is 0 Å². The van der Waals surface area contributed by atoms with Crippen molar-refractivity contribution in [3.63, 3.8) is 0 Å². The number of pyridine rings is 1. The summed E-state index contributed by atoms with van der Waals surface area (Å²) in [5, 5.41) is 0.457. The van der Waals surface area contributed by atoms with Gasteiger partial charge < -0.3 is 24.8 Å². The predicted molar refractivity (Wildman–Crippen MR) is 149 cm³/mol. The first-order chi connectivity index (χ1) is 18.3. The molecule has 1 aromatic heterocycles. The monoisotopic (exact) mass is 541 g/mol. The Morgan fingerprint density at radius 2 is 1.92 bits per heavy atom. The molecular formula is C27H32FN5O4S. The average molecular weight is 542 g/mol. The van der Waals surface area contributed by atoms with Gasteiger partial charge in [0.05, 0.1) is 18.3 Å². The van der Waals surface area contributed by atoms with Gasteiger partial charge in [-0.2, -0.15) is 0 Å². The fourth-order valence-corrected chi connectivity index (χ4v) is 4.63. The quantitative estimate of drug-likeness (QED) is 0.428. The number of nitrogens with two attached hydrogens (primary N) is 1. The molecule has 2 heterocycles. The van der Waals surface area contributed by atoms with Crippen LogP contribution in [0.4, 0.5) is 10.1 Å². The SMILES string of the molecule is COc1cc2c(Oc3ccc(N(C(C)=O)C(N)=S)cc3F)ccnc2cc1OCCN1CCCN(C)CC1. The van der Waals surface area contributed by atoms with Crippen LogP contribution in [0.5, 0.6) is 23.0 Å². The van der Waals surface area contributed by atoms with Crippen molar-refractivity contribution < 1.29 is 23.4 Å². The summed E-state index contributed by atoms with van der Waals surface area (Å²) in [6.45, 7) is 6.85. The molecule has 0 radical (unpaired) electrons. The van der Waals surface area contributed by atoms with Gasteiger partial charge in [0.15, 0.2) is 28.2 Å². The number of ether oxygens (including phenoxy) is 3. The number of benzene rings is 2. The van der Waals surface area contributed by atoms with Crippen LogP contribution >= 0.6 is 12.2 Å². The number of aromatic nitrogens is 1. The second-order valence-electron chi connectivity index (χ2n) is 9.09. The molecule has 1 saturated heterocycles. The number of fused-ring (bicyclic) bond motifs is 1. The standard InChI is InChI=1S/C27H32FN5O4S/c1-18(34)33(27(29)38)19-5-6-24(21(28)15-19)37-23-7-8-30-22-17-26(25(35-3)16-20(22)23)36-14-13-32-10-4-9-31(2)11-12-32/h5-8,15-17H,4,9-14H2,1-3H3,(H2,29,38). The highest BCUT2D eigenvalue weighted by atomic mass is 32.1. The van der Waals surface area contributed by atoms with E-state index in [0.717, 1.165) is 50.1 Å². The van der Waals surface area contributed by atoms with Crippen molar-refractivity contribution in [2.75, 3.05) is 58.4 Å². The van der Waals surface area contributed by atoms with Crippen molar-refractivity contribution in [2.24, 2.45) is 5.73 Å². The van der Waals surface area contributed by atoms with E-state index >= 15 is 0 Å². The Labute approximate surface area is 226 Å². The van der Waals surface area contributed by atoms with Crippen LogP contribution in [0.15, 0.2) is 42.6 Å². The van der Waals surface area contributed by atoms with Gasteiger partial charge in [-0.3, -0.25) is 19.6 Å². The van der Waals surface area contributed by atoms with Crippen molar-refractivity contribution in [1.82, 2.24) is 14.8 Å². The Hall–Kier alpha value is -3.54. The van der Waals surface area contributed by atoms with Gasteiger partial charge in [-0.15, -0.1) is 0 Å². The number of likely N-dealkylation sites (N-methyl/N-ethyl adjacent to an activating group) is 1. The summed E-state index contributed by atoms with van der Waals surface area (Å²) in [4.78, 5) is 22.1. The van der Waals surface area contributed by atoms with E-state index in [9.17, 15) is 9.18 Å². The van der Waals surface area contributed by atoms with E-state index in [-0.39, 0.29) is 16.5 Å². The predicted octanol–water partition coefficient (Wildman–Crippen LogP) is 3.79. The van der Waals surface area contributed by atoms with Crippen molar-refractivity contribution >= 4 is 39.8 Å². The summed E-state index contributed by atoms with van der Waals surface area (Å²) in [5.41, 5.74) is 6.44. The molecule has 2 aromatic carbocycles. The number of rotatable bonds is 8. The third-order valence-corrected chi connectivity index (χ3v) is 6.58. The molecule has 0 saturated carbocycles. The number of methoxy groups -OCH3 is 1. The zero-order valence-electron chi connectivity index (χ0n) is 21.8. The van der Waals surface area contributed by atoms with Crippen LogP contribution in [-0.4, -0.2) is 79.3 Å². The molecule has 0 atom stereocenters. The van der Waals surface area contributed by atoms with Gasteiger partial charge in [-0.1, -0.05) is 0 Å². The summed E-state index contributed by atoms with van der Waals surface area (Å²) < 4.78 is 32.5. The average Bonchev–Trinajstić information content (AvgIpc) is 3.08.